The van der Waals surface area contributed by atoms with Gasteiger partial charge in [-0.05, 0) is 32.6 Å². The predicted octanol–water partition coefficient (Wildman–Crippen LogP) is 1.93. The van der Waals surface area contributed by atoms with Crippen LogP contribution in [0.4, 0.5) is 0 Å². The van der Waals surface area contributed by atoms with Gasteiger partial charge >= 0.3 is 0 Å². The van der Waals surface area contributed by atoms with E-state index in [0.717, 1.165) is 12.5 Å². The first-order valence-electron chi connectivity index (χ1n) is 4.98. The van der Waals surface area contributed by atoms with Crippen LogP contribution in [0.5, 0.6) is 0 Å². The normalized spacial score (nSPS) is 20.2. The molecule has 1 saturated carbocycles. The average Bonchev–Trinajstić information content (AvgIpc) is 2.53. The Labute approximate surface area is 75.5 Å². The third-order valence-corrected chi connectivity index (χ3v) is 2.68. The lowest BCUT2D eigenvalue weighted by Crippen LogP contribution is -2.35. The van der Waals surface area contributed by atoms with Gasteiger partial charge in [0.25, 0.3) is 0 Å². The lowest BCUT2D eigenvalue weighted by molar-refractivity contribution is -0.0277. The van der Waals surface area contributed by atoms with Crippen LogP contribution in [0.2, 0.25) is 0 Å². The van der Waals surface area contributed by atoms with Gasteiger partial charge in [-0.25, -0.2) is 0 Å². The second-order valence-electron chi connectivity index (χ2n) is 4.43. The summed E-state index contributed by atoms with van der Waals surface area (Å²) in [6.07, 6.45) is 5.47. The van der Waals surface area contributed by atoms with Gasteiger partial charge in [-0.3, -0.25) is 0 Å². The summed E-state index contributed by atoms with van der Waals surface area (Å²) in [6.45, 7) is 5.63. The van der Waals surface area contributed by atoms with E-state index in [1.807, 2.05) is 0 Å². The highest BCUT2D eigenvalue weighted by Crippen LogP contribution is 2.26. The molecule has 0 radical (unpaired) electrons. The fourth-order valence-corrected chi connectivity index (χ4v) is 1.58. The molecule has 1 aliphatic rings. The first-order chi connectivity index (χ1) is 5.64. The molecule has 2 heteroatoms. The van der Waals surface area contributed by atoms with Gasteiger partial charge < -0.3 is 10.5 Å². The molecule has 2 N–H and O–H groups in total. The number of hydrogen-bond acceptors (Lipinski definition) is 2. The molecular formula is C10H21NO. The molecule has 0 aliphatic heterocycles. The van der Waals surface area contributed by atoms with Gasteiger partial charge in [0, 0.05) is 6.54 Å². The van der Waals surface area contributed by atoms with Gasteiger partial charge in [-0.2, -0.15) is 0 Å². The summed E-state index contributed by atoms with van der Waals surface area (Å²) in [7, 11) is 0. The second-order valence-corrected chi connectivity index (χ2v) is 4.43. The van der Waals surface area contributed by atoms with Crippen molar-refractivity contribution in [3.63, 3.8) is 0 Å². The van der Waals surface area contributed by atoms with Gasteiger partial charge in [0.15, 0.2) is 0 Å². The zero-order valence-electron chi connectivity index (χ0n) is 8.31. The quantitative estimate of drug-likeness (QED) is 0.701. The summed E-state index contributed by atoms with van der Waals surface area (Å²) >= 11 is 0. The van der Waals surface area contributed by atoms with Crippen LogP contribution in [-0.4, -0.2) is 18.8 Å². The van der Waals surface area contributed by atoms with Crippen molar-refractivity contribution in [2.75, 3.05) is 13.2 Å². The molecule has 2 nitrogen and oxygen atoms in total. The van der Waals surface area contributed by atoms with Crippen LogP contribution in [0.25, 0.3) is 0 Å². The highest BCUT2D eigenvalue weighted by molar-refractivity contribution is 4.72. The molecule has 0 spiro atoms. The summed E-state index contributed by atoms with van der Waals surface area (Å²) in [5.41, 5.74) is 5.44. The molecule has 0 heterocycles. The van der Waals surface area contributed by atoms with Crippen molar-refractivity contribution >= 4 is 0 Å². The second kappa shape index (κ2) is 4.24. The number of ether oxygens (including phenoxy) is 1. The lowest BCUT2D eigenvalue weighted by atomic mass is 10.1. The molecule has 1 fully saturated rings. The van der Waals surface area contributed by atoms with Gasteiger partial charge in [0.2, 0.25) is 0 Å². The van der Waals surface area contributed by atoms with E-state index in [0.29, 0.717) is 6.54 Å². The Balaban J connectivity index is 2.15. The van der Waals surface area contributed by atoms with E-state index in [1.165, 1.54) is 25.7 Å². The van der Waals surface area contributed by atoms with Crippen molar-refractivity contribution in [3.8, 4) is 0 Å². The minimum atomic E-state index is -0.122. The lowest BCUT2D eigenvalue weighted by Gasteiger charge is -2.25. The summed E-state index contributed by atoms with van der Waals surface area (Å²) < 4.78 is 5.74. The molecule has 0 amide bonds. The van der Waals surface area contributed by atoms with Gasteiger partial charge in [-0.15, -0.1) is 0 Å². The van der Waals surface area contributed by atoms with Crippen LogP contribution < -0.4 is 5.73 Å². The van der Waals surface area contributed by atoms with Crippen molar-refractivity contribution < 1.29 is 4.74 Å². The van der Waals surface area contributed by atoms with Crippen molar-refractivity contribution in [1.29, 1.82) is 0 Å². The summed E-state index contributed by atoms with van der Waals surface area (Å²) in [5, 5.41) is 0. The van der Waals surface area contributed by atoms with E-state index in [1.54, 1.807) is 0 Å². The Hall–Kier alpha value is -0.0800. The molecule has 0 aromatic rings. The highest BCUT2D eigenvalue weighted by atomic mass is 16.5. The van der Waals surface area contributed by atoms with Crippen LogP contribution in [0, 0.1) is 5.92 Å². The maximum Gasteiger partial charge on any atom is 0.0748 e. The molecule has 0 unspecified atom stereocenters. The molecule has 12 heavy (non-hydrogen) atoms. The molecule has 1 rings (SSSR count). The molecule has 0 aromatic carbocycles. The molecule has 0 bridgehead atoms. The number of rotatable bonds is 4. The Morgan fingerprint density at radius 3 is 2.42 bits per heavy atom. The fourth-order valence-electron chi connectivity index (χ4n) is 1.58. The van der Waals surface area contributed by atoms with Crippen molar-refractivity contribution in [2.45, 2.75) is 45.1 Å². The standard InChI is InChI=1S/C10H21NO/c1-10(2,8-11)12-7-9-5-3-4-6-9/h9H,3-8,11H2,1-2H3. The third kappa shape index (κ3) is 3.11. The Kier molecular flexibility index (Phi) is 3.53. The predicted molar refractivity (Wildman–Crippen MR) is 51.0 cm³/mol. The largest absolute Gasteiger partial charge is 0.374 e. The van der Waals surface area contributed by atoms with Crippen molar-refractivity contribution in [3.05, 3.63) is 0 Å². The minimum Gasteiger partial charge on any atom is -0.374 e. The van der Waals surface area contributed by atoms with Crippen LogP contribution in [0.3, 0.4) is 0 Å². The summed E-state index contributed by atoms with van der Waals surface area (Å²) in [6, 6.07) is 0. The first-order valence-corrected chi connectivity index (χ1v) is 4.98. The molecule has 72 valence electrons. The maximum atomic E-state index is 5.74. The van der Waals surface area contributed by atoms with Crippen LogP contribution >= 0.6 is 0 Å². The number of nitrogens with two attached hydrogens (primary N) is 1. The Bertz CT molecular complexity index is 128. The minimum absolute atomic E-state index is 0.122. The fraction of sp³-hybridized carbons (Fsp3) is 1.00. The average molecular weight is 171 g/mol. The molecule has 1 aliphatic carbocycles. The van der Waals surface area contributed by atoms with E-state index in [-0.39, 0.29) is 5.60 Å². The first kappa shape index (κ1) is 10.0. The van der Waals surface area contributed by atoms with E-state index in [2.05, 4.69) is 13.8 Å². The number of hydrogen-bond donors (Lipinski definition) is 1. The molecular weight excluding hydrogens is 150 g/mol. The third-order valence-electron chi connectivity index (χ3n) is 2.68. The zero-order chi connectivity index (χ0) is 9.03. The van der Waals surface area contributed by atoms with Crippen LogP contribution in [-0.2, 0) is 4.74 Å². The monoisotopic (exact) mass is 171 g/mol. The van der Waals surface area contributed by atoms with Crippen molar-refractivity contribution in [1.82, 2.24) is 0 Å². The van der Waals surface area contributed by atoms with Crippen LogP contribution in [0.1, 0.15) is 39.5 Å². The molecule has 0 atom stereocenters. The summed E-state index contributed by atoms with van der Waals surface area (Å²) in [5.74, 6) is 0.802. The van der Waals surface area contributed by atoms with E-state index < -0.39 is 0 Å². The molecule has 0 saturated heterocycles. The van der Waals surface area contributed by atoms with Crippen molar-refractivity contribution in [2.24, 2.45) is 11.7 Å². The summed E-state index contributed by atoms with van der Waals surface area (Å²) in [4.78, 5) is 0. The Morgan fingerprint density at radius 2 is 1.92 bits per heavy atom. The molecule has 0 aromatic heterocycles. The zero-order valence-corrected chi connectivity index (χ0v) is 8.31. The van der Waals surface area contributed by atoms with Gasteiger partial charge in [0.05, 0.1) is 12.2 Å². The van der Waals surface area contributed by atoms with E-state index >= 15 is 0 Å². The van der Waals surface area contributed by atoms with Crippen LogP contribution in [0.15, 0.2) is 0 Å². The Morgan fingerprint density at radius 1 is 1.33 bits per heavy atom. The van der Waals surface area contributed by atoms with E-state index in [4.69, 9.17) is 10.5 Å². The van der Waals surface area contributed by atoms with Gasteiger partial charge in [0.1, 0.15) is 0 Å². The maximum absolute atomic E-state index is 5.74. The van der Waals surface area contributed by atoms with E-state index in [9.17, 15) is 0 Å². The highest BCUT2D eigenvalue weighted by Gasteiger charge is 2.20. The smallest absolute Gasteiger partial charge is 0.0748 e. The van der Waals surface area contributed by atoms with Gasteiger partial charge in [-0.1, -0.05) is 12.8 Å². The topological polar surface area (TPSA) is 35.2 Å². The SMILES string of the molecule is CC(C)(CN)OCC1CCCC1.